The Morgan fingerprint density at radius 2 is 1.75 bits per heavy atom. The largest absolute Gasteiger partial charge is 0.352 e. The standard InChI is InChI=1S/C18H23N3O3/c1-13(22)20-10-7-15(8-11-20)18(24)21-12-9-19-17(23)16(21)14-5-3-2-4-6-14/h2-6,15-16H,7-12H2,1H3,(H,19,23). The van der Waals surface area contributed by atoms with Gasteiger partial charge in [0.05, 0.1) is 0 Å². The Kier molecular flexibility index (Phi) is 4.83. The van der Waals surface area contributed by atoms with Crippen LogP contribution >= 0.6 is 0 Å². The first-order valence-electron chi connectivity index (χ1n) is 8.46. The van der Waals surface area contributed by atoms with Crippen molar-refractivity contribution < 1.29 is 14.4 Å². The second kappa shape index (κ2) is 7.03. The minimum atomic E-state index is -0.557. The molecule has 1 aromatic carbocycles. The molecule has 0 radical (unpaired) electrons. The molecule has 1 atom stereocenters. The Hall–Kier alpha value is -2.37. The van der Waals surface area contributed by atoms with Crippen LogP contribution in [0.5, 0.6) is 0 Å². The van der Waals surface area contributed by atoms with E-state index in [1.54, 1.807) is 16.7 Å². The van der Waals surface area contributed by atoms with E-state index in [0.29, 0.717) is 39.0 Å². The maximum Gasteiger partial charge on any atom is 0.247 e. The number of benzene rings is 1. The van der Waals surface area contributed by atoms with Crippen LogP contribution in [0.1, 0.15) is 31.4 Å². The minimum Gasteiger partial charge on any atom is -0.352 e. The number of piperidine rings is 1. The third-order valence-corrected chi connectivity index (χ3v) is 4.90. The molecule has 1 aromatic rings. The number of hydrogen-bond donors (Lipinski definition) is 1. The lowest BCUT2D eigenvalue weighted by Crippen LogP contribution is -2.54. The van der Waals surface area contributed by atoms with Gasteiger partial charge in [-0.1, -0.05) is 30.3 Å². The Balaban J connectivity index is 1.75. The van der Waals surface area contributed by atoms with Gasteiger partial charge in [0, 0.05) is 39.0 Å². The highest BCUT2D eigenvalue weighted by molar-refractivity contribution is 5.90. The van der Waals surface area contributed by atoms with Crippen LogP contribution in [0.25, 0.3) is 0 Å². The molecule has 0 aliphatic carbocycles. The summed E-state index contributed by atoms with van der Waals surface area (Å²) < 4.78 is 0. The molecule has 6 nitrogen and oxygen atoms in total. The fraction of sp³-hybridized carbons (Fsp3) is 0.500. The van der Waals surface area contributed by atoms with Crippen LogP contribution in [-0.2, 0) is 14.4 Å². The molecule has 1 unspecified atom stereocenters. The molecule has 24 heavy (non-hydrogen) atoms. The number of amides is 3. The summed E-state index contributed by atoms with van der Waals surface area (Å²) in [6.07, 6.45) is 1.33. The van der Waals surface area contributed by atoms with E-state index in [0.717, 1.165) is 5.56 Å². The van der Waals surface area contributed by atoms with E-state index >= 15 is 0 Å². The molecule has 128 valence electrons. The van der Waals surface area contributed by atoms with Crippen LogP contribution < -0.4 is 5.32 Å². The highest BCUT2D eigenvalue weighted by Gasteiger charge is 2.38. The maximum absolute atomic E-state index is 13.0. The van der Waals surface area contributed by atoms with Crippen molar-refractivity contribution in [1.29, 1.82) is 0 Å². The lowest BCUT2D eigenvalue weighted by atomic mass is 9.93. The van der Waals surface area contributed by atoms with Gasteiger partial charge < -0.3 is 15.1 Å². The number of nitrogens with zero attached hydrogens (tertiary/aromatic N) is 2. The van der Waals surface area contributed by atoms with Crippen molar-refractivity contribution in [2.75, 3.05) is 26.2 Å². The predicted molar refractivity (Wildman–Crippen MR) is 88.9 cm³/mol. The highest BCUT2D eigenvalue weighted by atomic mass is 16.2. The molecule has 0 bridgehead atoms. The molecule has 2 fully saturated rings. The molecule has 0 saturated carbocycles. The zero-order chi connectivity index (χ0) is 17.1. The average molecular weight is 329 g/mol. The van der Waals surface area contributed by atoms with Crippen LogP contribution in [0.15, 0.2) is 30.3 Å². The zero-order valence-electron chi connectivity index (χ0n) is 13.9. The van der Waals surface area contributed by atoms with Gasteiger partial charge in [-0.3, -0.25) is 14.4 Å². The topological polar surface area (TPSA) is 69.7 Å². The lowest BCUT2D eigenvalue weighted by molar-refractivity contribution is -0.148. The molecule has 2 saturated heterocycles. The number of carbonyl (C=O) groups is 3. The van der Waals surface area contributed by atoms with Crippen molar-refractivity contribution in [2.24, 2.45) is 5.92 Å². The van der Waals surface area contributed by atoms with E-state index in [9.17, 15) is 14.4 Å². The van der Waals surface area contributed by atoms with Crippen molar-refractivity contribution in [3.63, 3.8) is 0 Å². The molecule has 3 rings (SSSR count). The number of carbonyl (C=O) groups excluding carboxylic acids is 3. The molecular weight excluding hydrogens is 306 g/mol. The summed E-state index contributed by atoms with van der Waals surface area (Å²) in [6, 6.07) is 8.87. The van der Waals surface area contributed by atoms with Gasteiger partial charge in [-0.25, -0.2) is 0 Å². The van der Waals surface area contributed by atoms with Gasteiger partial charge in [-0.15, -0.1) is 0 Å². The van der Waals surface area contributed by atoms with Crippen LogP contribution in [-0.4, -0.2) is 53.7 Å². The lowest BCUT2D eigenvalue weighted by Gasteiger charge is -2.39. The van der Waals surface area contributed by atoms with Gasteiger partial charge >= 0.3 is 0 Å². The molecule has 0 spiro atoms. The van der Waals surface area contributed by atoms with Crippen molar-refractivity contribution in [1.82, 2.24) is 15.1 Å². The first kappa shape index (κ1) is 16.5. The second-order valence-corrected chi connectivity index (χ2v) is 6.42. The molecule has 2 heterocycles. The van der Waals surface area contributed by atoms with Gasteiger partial charge in [0.1, 0.15) is 6.04 Å². The predicted octanol–water partition coefficient (Wildman–Crippen LogP) is 0.945. The van der Waals surface area contributed by atoms with Gasteiger partial charge in [0.15, 0.2) is 0 Å². The second-order valence-electron chi connectivity index (χ2n) is 6.42. The normalized spacial score (nSPS) is 22.2. The molecule has 0 aromatic heterocycles. The summed E-state index contributed by atoms with van der Waals surface area (Å²) in [6.45, 7) is 3.80. The number of nitrogens with one attached hydrogen (secondary N) is 1. The van der Waals surface area contributed by atoms with Crippen molar-refractivity contribution in [3.8, 4) is 0 Å². The monoisotopic (exact) mass is 329 g/mol. The Bertz CT molecular complexity index is 624. The molecular formula is C18H23N3O3. The van der Waals surface area contributed by atoms with Crippen molar-refractivity contribution in [2.45, 2.75) is 25.8 Å². The fourth-order valence-corrected chi connectivity index (χ4v) is 3.55. The molecule has 2 aliphatic heterocycles. The average Bonchev–Trinajstić information content (AvgIpc) is 2.61. The van der Waals surface area contributed by atoms with E-state index in [4.69, 9.17) is 0 Å². The zero-order valence-corrected chi connectivity index (χ0v) is 13.9. The molecule has 6 heteroatoms. The van der Waals surface area contributed by atoms with Crippen LogP contribution in [0.4, 0.5) is 0 Å². The van der Waals surface area contributed by atoms with Crippen molar-refractivity contribution in [3.05, 3.63) is 35.9 Å². The third-order valence-electron chi connectivity index (χ3n) is 4.90. The SMILES string of the molecule is CC(=O)N1CCC(C(=O)N2CCNC(=O)C2c2ccccc2)CC1. The Morgan fingerprint density at radius 3 is 2.38 bits per heavy atom. The van der Waals surface area contributed by atoms with Crippen LogP contribution in [0.2, 0.25) is 0 Å². The van der Waals surface area contributed by atoms with E-state index in [2.05, 4.69) is 5.32 Å². The van der Waals surface area contributed by atoms with Crippen molar-refractivity contribution >= 4 is 17.7 Å². The smallest absolute Gasteiger partial charge is 0.247 e. The first-order valence-corrected chi connectivity index (χ1v) is 8.46. The van der Waals surface area contributed by atoms with E-state index in [-0.39, 0.29) is 23.6 Å². The summed E-state index contributed by atoms with van der Waals surface area (Å²) in [5.74, 6) is -0.151. The highest BCUT2D eigenvalue weighted by Crippen LogP contribution is 2.28. The molecule has 3 amide bonds. The van der Waals surface area contributed by atoms with E-state index in [1.807, 2.05) is 30.3 Å². The summed E-state index contributed by atoms with van der Waals surface area (Å²) in [5.41, 5.74) is 0.837. The van der Waals surface area contributed by atoms with Crippen LogP contribution in [0.3, 0.4) is 0 Å². The molecule has 1 N–H and O–H groups in total. The van der Waals surface area contributed by atoms with E-state index in [1.165, 1.54) is 0 Å². The number of rotatable bonds is 2. The summed E-state index contributed by atoms with van der Waals surface area (Å²) in [4.78, 5) is 40.3. The summed E-state index contributed by atoms with van der Waals surface area (Å²) in [5, 5.41) is 2.85. The number of hydrogen-bond acceptors (Lipinski definition) is 3. The third kappa shape index (κ3) is 3.27. The number of piperazine rings is 1. The van der Waals surface area contributed by atoms with Gasteiger partial charge in [0.2, 0.25) is 17.7 Å². The first-order chi connectivity index (χ1) is 11.6. The summed E-state index contributed by atoms with van der Waals surface area (Å²) in [7, 11) is 0. The van der Waals surface area contributed by atoms with Gasteiger partial charge in [0.25, 0.3) is 0 Å². The number of likely N-dealkylation sites (tertiary alicyclic amines) is 1. The fourth-order valence-electron chi connectivity index (χ4n) is 3.55. The van der Waals surface area contributed by atoms with Gasteiger partial charge in [-0.05, 0) is 18.4 Å². The molecule has 2 aliphatic rings. The van der Waals surface area contributed by atoms with Crippen LogP contribution in [0, 0.1) is 5.92 Å². The maximum atomic E-state index is 13.0. The quantitative estimate of drug-likeness (QED) is 0.878. The Morgan fingerprint density at radius 1 is 1.08 bits per heavy atom. The summed E-state index contributed by atoms with van der Waals surface area (Å²) >= 11 is 0. The Labute approximate surface area is 141 Å². The van der Waals surface area contributed by atoms with E-state index < -0.39 is 6.04 Å². The minimum absolute atomic E-state index is 0.0295. The van der Waals surface area contributed by atoms with Gasteiger partial charge in [-0.2, -0.15) is 0 Å².